The zero-order chi connectivity index (χ0) is 26.3. The van der Waals surface area contributed by atoms with Crippen LogP contribution in [0.5, 0.6) is 11.5 Å². The number of nitrogens with one attached hydrogen (secondary N) is 2. The van der Waals surface area contributed by atoms with Gasteiger partial charge in [-0.3, -0.25) is 19.0 Å². The number of carbonyl (C=O) groups excluding carboxylic acids is 2. The molecule has 0 aliphatic carbocycles. The Hall–Kier alpha value is -4.14. The molecule has 194 valence electrons. The maximum atomic E-state index is 14.4. The van der Waals surface area contributed by atoms with Crippen LogP contribution in [0.4, 0.5) is 21.6 Å². The molecule has 0 fully saturated rings. The molecular weight excluding hydrogens is 463 g/mol. The molecule has 4 N–H and O–H groups in total. The highest BCUT2D eigenvalue weighted by atomic mass is 19.1. The summed E-state index contributed by atoms with van der Waals surface area (Å²) in [5, 5.41) is 5.56. The molecule has 0 aliphatic heterocycles. The molecule has 0 aliphatic rings. The molecule has 0 bridgehead atoms. The van der Waals surface area contributed by atoms with Crippen molar-refractivity contribution in [2.45, 2.75) is 48.5 Å². The van der Waals surface area contributed by atoms with Gasteiger partial charge in [0.15, 0.2) is 0 Å². The summed E-state index contributed by atoms with van der Waals surface area (Å²) in [6.45, 7) is 9.20. The van der Waals surface area contributed by atoms with Gasteiger partial charge in [0.1, 0.15) is 28.7 Å². The van der Waals surface area contributed by atoms with Gasteiger partial charge in [-0.1, -0.05) is 40.3 Å². The van der Waals surface area contributed by atoms with Crippen LogP contribution in [0.15, 0.2) is 47.3 Å². The van der Waals surface area contributed by atoms with Gasteiger partial charge in [-0.15, -0.1) is 0 Å². The third-order valence-corrected chi connectivity index (χ3v) is 5.13. The summed E-state index contributed by atoms with van der Waals surface area (Å²) in [5.74, 6) is -1.40. The van der Waals surface area contributed by atoms with Crippen molar-refractivity contribution < 1.29 is 18.7 Å². The molecule has 0 atom stereocenters. The van der Waals surface area contributed by atoms with Crippen molar-refractivity contribution in [3.63, 3.8) is 0 Å². The second-order valence-electron chi connectivity index (χ2n) is 7.53. The summed E-state index contributed by atoms with van der Waals surface area (Å²) in [4.78, 5) is 36.8. The molecule has 3 rings (SSSR count). The predicted octanol–water partition coefficient (Wildman–Crippen LogP) is 5.79. The molecule has 0 spiro atoms. The van der Waals surface area contributed by atoms with E-state index >= 15 is 0 Å². The van der Waals surface area contributed by atoms with Crippen molar-refractivity contribution >= 4 is 29.0 Å². The Morgan fingerprint density at radius 2 is 1.72 bits per heavy atom. The molecule has 2 aromatic carbocycles. The smallest absolute Gasteiger partial charge is 0.256 e. The standard InChI is InChI=1S/C24H25FN4O4.C2H6.CH4/c1-5-20(30)27-16-7-6-8-18(14(16)3)33-19-12-21(31)29(4)24(22(19)23(26)32)28-17-10-9-13(2)11-15(17)25;1-2;/h6-12,28H,5H2,1-4H3,(H2,26,32)(H,27,30);1-2H3;1H4. The number of aryl methyl sites for hydroxylation is 1. The van der Waals surface area contributed by atoms with Crippen molar-refractivity contribution in [2.75, 3.05) is 10.6 Å². The lowest BCUT2D eigenvalue weighted by molar-refractivity contribution is -0.115. The largest absolute Gasteiger partial charge is 0.456 e. The molecule has 3 aromatic rings. The van der Waals surface area contributed by atoms with E-state index in [0.717, 1.165) is 10.6 Å². The van der Waals surface area contributed by atoms with E-state index < -0.39 is 17.3 Å². The highest BCUT2D eigenvalue weighted by Crippen LogP contribution is 2.34. The number of benzene rings is 2. The Balaban J connectivity index is 0.00000211. The number of carbonyl (C=O) groups is 2. The summed E-state index contributed by atoms with van der Waals surface area (Å²) in [6, 6.07) is 10.6. The summed E-state index contributed by atoms with van der Waals surface area (Å²) < 4.78 is 21.5. The van der Waals surface area contributed by atoms with E-state index in [1.165, 1.54) is 19.2 Å². The second-order valence-corrected chi connectivity index (χ2v) is 7.53. The maximum absolute atomic E-state index is 14.4. The minimum absolute atomic E-state index is 0. The number of rotatable bonds is 7. The number of ether oxygens (including phenoxy) is 1. The minimum atomic E-state index is -0.872. The van der Waals surface area contributed by atoms with Gasteiger partial charge in [0.05, 0.1) is 5.69 Å². The summed E-state index contributed by atoms with van der Waals surface area (Å²) in [6.07, 6.45) is 0.301. The average molecular weight is 499 g/mol. The van der Waals surface area contributed by atoms with E-state index in [2.05, 4.69) is 10.6 Å². The zero-order valence-corrected chi connectivity index (χ0v) is 20.8. The summed E-state index contributed by atoms with van der Waals surface area (Å²) in [7, 11) is 1.43. The normalized spacial score (nSPS) is 9.86. The van der Waals surface area contributed by atoms with Crippen LogP contribution >= 0.6 is 0 Å². The fraction of sp³-hybridized carbons (Fsp3) is 0.296. The van der Waals surface area contributed by atoms with Crippen LogP contribution in [0, 0.1) is 19.7 Å². The number of primary amides is 1. The predicted molar refractivity (Wildman–Crippen MR) is 143 cm³/mol. The molecule has 8 nitrogen and oxygen atoms in total. The van der Waals surface area contributed by atoms with Gasteiger partial charge < -0.3 is 21.1 Å². The van der Waals surface area contributed by atoms with Crippen molar-refractivity contribution in [1.29, 1.82) is 0 Å². The lowest BCUT2D eigenvalue weighted by atomic mass is 10.1. The van der Waals surface area contributed by atoms with Crippen LogP contribution in [0.1, 0.15) is 56.1 Å². The zero-order valence-electron chi connectivity index (χ0n) is 20.8. The fourth-order valence-corrected chi connectivity index (χ4v) is 3.21. The topological polar surface area (TPSA) is 115 Å². The highest BCUT2D eigenvalue weighted by molar-refractivity contribution is 6.01. The van der Waals surface area contributed by atoms with Gasteiger partial charge >= 0.3 is 0 Å². The number of nitrogens with two attached hydrogens (primary N) is 1. The van der Waals surface area contributed by atoms with Crippen LogP contribution < -0.4 is 26.7 Å². The number of aromatic nitrogens is 1. The molecule has 1 heterocycles. The molecule has 0 saturated carbocycles. The van der Waals surface area contributed by atoms with Gasteiger partial charge in [-0.2, -0.15) is 0 Å². The first-order chi connectivity index (χ1) is 16.6. The SMILES string of the molecule is C.CC.CCC(=O)Nc1cccc(Oc2cc(=O)n(C)c(Nc3ccc(C)cc3F)c2C(N)=O)c1C. The Kier molecular flexibility index (Phi) is 10.9. The van der Waals surface area contributed by atoms with Crippen molar-refractivity contribution in [2.24, 2.45) is 12.8 Å². The molecular formula is C27H35FN4O4. The molecule has 2 amide bonds. The Morgan fingerprint density at radius 3 is 2.31 bits per heavy atom. The molecule has 36 heavy (non-hydrogen) atoms. The van der Waals surface area contributed by atoms with E-state index in [9.17, 15) is 18.8 Å². The number of hydrogen-bond donors (Lipinski definition) is 3. The van der Waals surface area contributed by atoms with Gasteiger partial charge in [-0.05, 0) is 43.7 Å². The maximum Gasteiger partial charge on any atom is 0.256 e. The van der Waals surface area contributed by atoms with E-state index in [1.807, 2.05) is 13.8 Å². The Bertz CT molecular complexity index is 1300. The van der Waals surface area contributed by atoms with Crippen LogP contribution in [-0.2, 0) is 11.8 Å². The number of pyridine rings is 1. The van der Waals surface area contributed by atoms with Gasteiger partial charge in [0, 0.05) is 30.8 Å². The third-order valence-electron chi connectivity index (χ3n) is 5.13. The van der Waals surface area contributed by atoms with E-state index in [4.69, 9.17) is 10.5 Å². The number of nitrogens with zero attached hydrogens (tertiary/aromatic N) is 1. The second kappa shape index (κ2) is 13.1. The number of amides is 2. The number of halogens is 1. The first-order valence-corrected chi connectivity index (χ1v) is 11.3. The van der Waals surface area contributed by atoms with E-state index in [1.54, 1.807) is 45.0 Å². The summed E-state index contributed by atoms with van der Waals surface area (Å²) >= 11 is 0. The van der Waals surface area contributed by atoms with Gasteiger partial charge in [0.25, 0.3) is 11.5 Å². The minimum Gasteiger partial charge on any atom is -0.456 e. The first-order valence-electron chi connectivity index (χ1n) is 11.3. The van der Waals surface area contributed by atoms with Gasteiger partial charge in [-0.25, -0.2) is 4.39 Å². The monoisotopic (exact) mass is 498 g/mol. The Labute approximate surface area is 211 Å². The lowest BCUT2D eigenvalue weighted by Gasteiger charge is -2.19. The first kappa shape index (κ1) is 29.9. The average Bonchev–Trinajstić information content (AvgIpc) is 2.82. The van der Waals surface area contributed by atoms with Crippen molar-refractivity contribution in [3.05, 3.63) is 75.3 Å². The lowest BCUT2D eigenvalue weighted by Crippen LogP contribution is -2.25. The highest BCUT2D eigenvalue weighted by Gasteiger charge is 2.22. The van der Waals surface area contributed by atoms with Crippen LogP contribution in [0.25, 0.3) is 0 Å². The van der Waals surface area contributed by atoms with Crippen LogP contribution in [-0.4, -0.2) is 16.4 Å². The third kappa shape index (κ3) is 6.71. The molecule has 1 aromatic heterocycles. The van der Waals surface area contributed by atoms with E-state index in [-0.39, 0.29) is 36.2 Å². The number of anilines is 3. The fourth-order valence-electron chi connectivity index (χ4n) is 3.21. The van der Waals surface area contributed by atoms with Crippen LogP contribution in [0.2, 0.25) is 0 Å². The van der Waals surface area contributed by atoms with Crippen molar-refractivity contribution in [3.8, 4) is 11.5 Å². The van der Waals surface area contributed by atoms with E-state index in [0.29, 0.717) is 29.0 Å². The molecule has 0 saturated heterocycles. The molecule has 9 heteroatoms. The summed E-state index contributed by atoms with van der Waals surface area (Å²) in [5.41, 5.74) is 6.91. The van der Waals surface area contributed by atoms with Gasteiger partial charge in [0.2, 0.25) is 5.91 Å². The Morgan fingerprint density at radius 1 is 1.06 bits per heavy atom. The van der Waals surface area contributed by atoms with Crippen LogP contribution in [0.3, 0.4) is 0 Å². The molecule has 0 radical (unpaired) electrons. The number of hydrogen-bond acceptors (Lipinski definition) is 5. The quantitative estimate of drug-likeness (QED) is 0.381. The van der Waals surface area contributed by atoms with Crippen molar-refractivity contribution in [1.82, 2.24) is 4.57 Å². The molecule has 0 unspecified atom stereocenters.